The number of carbonyl (C=O) groups excluding carboxylic acids is 1. The van der Waals surface area contributed by atoms with Gasteiger partial charge in [0.15, 0.2) is 0 Å². The van der Waals surface area contributed by atoms with Crippen molar-refractivity contribution < 1.29 is 9.53 Å². The topological polar surface area (TPSA) is 26.3 Å². The van der Waals surface area contributed by atoms with Crippen LogP contribution in [0, 0.1) is 5.92 Å². The quantitative estimate of drug-likeness (QED) is 0.442. The fraction of sp³-hybridized carbons (Fsp3) is 0.933. The molecule has 0 aliphatic rings. The number of rotatable bonds is 9. The largest absolute Gasteiger partial charge is 0.466 e. The van der Waals surface area contributed by atoms with Crippen LogP contribution in [0.4, 0.5) is 0 Å². The molecule has 2 nitrogen and oxygen atoms in total. The lowest BCUT2D eigenvalue weighted by molar-refractivity contribution is -0.144. The van der Waals surface area contributed by atoms with Crippen molar-refractivity contribution in [3.05, 3.63) is 0 Å². The minimum atomic E-state index is -1.53. The molecule has 0 aromatic carbocycles. The zero-order chi connectivity index (χ0) is 14.2. The molecule has 0 heterocycles. The van der Waals surface area contributed by atoms with Crippen LogP contribution in [0.15, 0.2) is 0 Å². The Bertz CT molecular complexity index is 224. The first kappa shape index (κ1) is 17.7. The standard InChI is InChI=1S/C15H32O2Si/c1-7-13(8-2)14(15(16)17-9-3)18(10-4,11-5)12-6/h13-14H,7-12H2,1-6H3. The molecule has 3 heteroatoms. The lowest BCUT2D eigenvalue weighted by Gasteiger charge is -2.39. The van der Waals surface area contributed by atoms with E-state index in [2.05, 4.69) is 34.6 Å². The summed E-state index contributed by atoms with van der Waals surface area (Å²) in [6.45, 7) is 13.7. The van der Waals surface area contributed by atoms with Gasteiger partial charge < -0.3 is 4.74 Å². The predicted octanol–water partition coefficient (Wildman–Crippen LogP) is 4.86. The van der Waals surface area contributed by atoms with Crippen LogP contribution in [-0.4, -0.2) is 20.7 Å². The van der Waals surface area contributed by atoms with Gasteiger partial charge in [0.05, 0.1) is 20.2 Å². The van der Waals surface area contributed by atoms with Gasteiger partial charge in [-0.3, -0.25) is 4.79 Å². The average Bonchev–Trinajstić information content (AvgIpc) is 2.40. The van der Waals surface area contributed by atoms with Crippen LogP contribution in [0.25, 0.3) is 0 Å². The maximum Gasteiger partial charge on any atom is 0.306 e. The summed E-state index contributed by atoms with van der Waals surface area (Å²) in [4.78, 5) is 12.4. The van der Waals surface area contributed by atoms with E-state index in [0.29, 0.717) is 12.5 Å². The van der Waals surface area contributed by atoms with E-state index in [9.17, 15) is 4.79 Å². The third-order valence-electron chi connectivity index (χ3n) is 4.83. The molecule has 0 saturated carbocycles. The van der Waals surface area contributed by atoms with Gasteiger partial charge in [-0.2, -0.15) is 0 Å². The Morgan fingerprint density at radius 2 is 1.39 bits per heavy atom. The molecule has 0 aliphatic heterocycles. The van der Waals surface area contributed by atoms with E-state index in [0.717, 1.165) is 12.8 Å². The van der Waals surface area contributed by atoms with Crippen LogP contribution in [-0.2, 0) is 9.53 Å². The molecular formula is C15H32O2Si. The van der Waals surface area contributed by atoms with Gasteiger partial charge in [0.1, 0.15) is 0 Å². The van der Waals surface area contributed by atoms with E-state index in [4.69, 9.17) is 4.74 Å². The number of hydrogen-bond acceptors (Lipinski definition) is 2. The highest BCUT2D eigenvalue weighted by Gasteiger charge is 2.45. The molecule has 0 bridgehead atoms. The predicted molar refractivity (Wildman–Crippen MR) is 81.7 cm³/mol. The highest BCUT2D eigenvalue weighted by Crippen LogP contribution is 2.42. The van der Waals surface area contributed by atoms with Crippen LogP contribution >= 0.6 is 0 Å². The molecule has 0 aromatic heterocycles. The molecule has 0 aliphatic carbocycles. The fourth-order valence-corrected chi connectivity index (χ4v) is 8.22. The van der Waals surface area contributed by atoms with Gasteiger partial charge >= 0.3 is 5.97 Å². The maximum atomic E-state index is 12.4. The number of hydrogen-bond donors (Lipinski definition) is 0. The number of ether oxygens (including phenoxy) is 1. The summed E-state index contributed by atoms with van der Waals surface area (Å²) < 4.78 is 5.40. The van der Waals surface area contributed by atoms with Crippen molar-refractivity contribution in [2.45, 2.75) is 78.1 Å². The minimum Gasteiger partial charge on any atom is -0.466 e. The molecule has 108 valence electrons. The zero-order valence-corrected chi connectivity index (χ0v) is 14.2. The first-order chi connectivity index (χ1) is 8.56. The molecule has 0 rings (SSSR count). The normalized spacial score (nSPS) is 13.7. The first-order valence-electron chi connectivity index (χ1n) is 7.73. The summed E-state index contributed by atoms with van der Waals surface area (Å²) in [6.07, 6.45) is 2.18. The van der Waals surface area contributed by atoms with Crippen molar-refractivity contribution in [1.82, 2.24) is 0 Å². The molecule has 0 radical (unpaired) electrons. The van der Waals surface area contributed by atoms with Crippen LogP contribution in [0.2, 0.25) is 23.7 Å². The van der Waals surface area contributed by atoms with Crippen molar-refractivity contribution >= 4 is 14.0 Å². The van der Waals surface area contributed by atoms with Crippen molar-refractivity contribution in [3.63, 3.8) is 0 Å². The fourth-order valence-electron chi connectivity index (χ4n) is 3.34. The molecule has 1 atom stereocenters. The number of carbonyl (C=O) groups is 1. The van der Waals surface area contributed by atoms with Crippen molar-refractivity contribution in [2.75, 3.05) is 6.61 Å². The molecule has 0 saturated heterocycles. The van der Waals surface area contributed by atoms with E-state index >= 15 is 0 Å². The molecule has 0 aromatic rings. The molecule has 0 N–H and O–H groups in total. The summed E-state index contributed by atoms with van der Waals surface area (Å²) in [5.41, 5.74) is 0.201. The van der Waals surface area contributed by atoms with Crippen LogP contribution in [0.1, 0.15) is 54.4 Å². The van der Waals surface area contributed by atoms with Crippen molar-refractivity contribution in [1.29, 1.82) is 0 Å². The van der Waals surface area contributed by atoms with Gasteiger partial charge in [0.2, 0.25) is 0 Å². The molecule has 18 heavy (non-hydrogen) atoms. The highest BCUT2D eigenvalue weighted by molar-refractivity contribution is 6.83. The van der Waals surface area contributed by atoms with Crippen LogP contribution < -0.4 is 0 Å². The first-order valence-corrected chi connectivity index (χ1v) is 10.4. The zero-order valence-electron chi connectivity index (χ0n) is 13.2. The minimum absolute atomic E-state index is 0.0865. The summed E-state index contributed by atoms with van der Waals surface area (Å²) in [6, 6.07) is 3.58. The summed E-state index contributed by atoms with van der Waals surface area (Å²) in [7, 11) is -1.53. The second-order valence-corrected chi connectivity index (χ2v) is 10.7. The number of esters is 1. The molecule has 0 spiro atoms. The van der Waals surface area contributed by atoms with Gasteiger partial charge in [0, 0.05) is 0 Å². The van der Waals surface area contributed by atoms with Crippen molar-refractivity contribution in [3.8, 4) is 0 Å². The van der Waals surface area contributed by atoms with E-state index in [-0.39, 0.29) is 11.5 Å². The van der Waals surface area contributed by atoms with E-state index < -0.39 is 8.07 Å². The van der Waals surface area contributed by atoms with E-state index in [1.807, 2.05) is 6.92 Å². The average molecular weight is 273 g/mol. The highest BCUT2D eigenvalue weighted by atomic mass is 28.3. The third-order valence-corrected chi connectivity index (χ3v) is 11.1. The second kappa shape index (κ2) is 8.73. The summed E-state index contributed by atoms with van der Waals surface area (Å²) in [5.74, 6) is 0.596. The van der Waals surface area contributed by atoms with E-state index in [1.165, 1.54) is 18.1 Å². The SMILES string of the molecule is CCOC(=O)C(C(CC)CC)[Si](CC)(CC)CC. The van der Waals surface area contributed by atoms with Crippen LogP contribution in [0.5, 0.6) is 0 Å². The Kier molecular flexibility index (Phi) is 8.58. The Balaban J connectivity index is 5.34. The Hall–Kier alpha value is -0.313. The molecular weight excluding hydrogens is 240 g/mol. The summed E-state index contributed by atoms with van der Waals surface area (Å²) >= 11 is 0. The lowest BCUT2D eigenvalue weighted by Crippen LogP contribution is -2.45. The molecule has 0 fully saturated rings. The smallest absolute Gasteiger partial charge is 0.306 e. The molecule has 1 unspecified atom stereocenters. The third kappa shape index (κ3) is 3.84. The van der Waals surface area contributed by atoms with Gasteiger partial charge in [-0.25, -0.2) is 0 Å². The van der Waals surface area contributed by atoms with Gasteiger partial charge in [-0.1, -0.05) is 65.6 Å². The lowest BCUT2D eigenvalue weighted by atomic mass is 9.99. The van der Waals surface area contributed by atoms with Crippen molar-refractivity contribution in [2.24, 2.45) is 5.92 Å². The second-order valence-electron chi connectivity index (χ2n) is 5.23. The van der Waals surface area contributed by atoms with E-state index in [1.54, 1.807) is 0 Å². The van der Waals surface area contributed by atoms with Gasteiger partial charge in [-0.05, 0) is 12.8 Å². The maximum absolute atomic E-state index is 12.4. The Morgan fingerprint density at radius 3 is 1.67 bits per heavy atom. The Labute approximate surface area is 115 Å². The Morgan fingerprint density at radius 1 is 0.944 bits per heavy atom. The molecule has 0 amide bonds. The van der Waals surface area contributed by atoms with Crippen LogP contribution in [0.3, 0.4) is 0 Å². The van der Waals surface area contributed by atoms with Gasteiger partial charge in [-0.15, -0.1) is 0 Å². The van der Waals surface area contributed by atoms with Gasteiger partial charge in [0.25, 0.3) is 0 Å². The summed E-state index contributed by atoms with van der Waals surface area (Å²) in [5, 5.41) is 0. The monoisotopic (exact) mass is 272 g/mol.